The zero-order valence-electron chi connectivity index (χ0n) is 9.07. The van der Waals surface area contributed by atoms with Crippen molar-refractivity contribution >= 4 is 5.91 Å². The highest BCUT2D eigenvalue weighted by atomic mass is 16.3. The summed E-state index contributed by atoms with van der Waals surface area (Å²) in [6, 6.07) is 5.33. The van der Waals surface area contributed by atoms with E-state index in [4.69, 9.17) is 9.68 Å². The van der Waals surface area contributed by atoms with Gasteiger partial charge in [-0.15, -0.1) is 0 Å². The highest BCUT2D eigenvalue weighted by Gasteiger charge is 2.16. The maximum atomic E-state index is 11.4. The predicted molar refractivity (Wildman–Crippen MR) is 54.8 cm³/mol. The average molecular weight is 206 g/mol. The van der Waals surface area contributed by atoms with Crippen LogP contribution in [-0.4, -0.2) is 5.91 Å². The van der Waals surface area contributed by atoms with Gasteiger partial charge in [0.25, 0.3) is 0 Å². The number of furan rings is 1. The Morgan fingerprint density at radius 1 is 1.53 bits per heavy atom. The second-order valence-corrected chi connectivity index (χ2v) is 3.53. The van der Waals surface area contributed by atoms with E-state index in [1.165, 1.54) is 0 Å². The quantitative estimate of drug-likeness (QED) is 0.821. The molecule has 0 aliphatic carbocycles. The maximum absolute atomic E-state index is 11.4. The van der Waals surface area contributed by atoms with Crippen LogP contribution in [0.5, 0.6) is 0 Å². The Morgan fingerprint density at radius 3 is 2.67 bits per heavy atom. The van der Waals surface area contributed by atoms with Crippen molar-refractivity contribution in [3.05, 3.63) is 23.7 Å². The normalized spacial score (nSPS) is 14.0. The molecule has 2 unspecified atom stereocenters. The lowest BCUT2D eigenvalue weighted by molar-refractivity contribution is -0.123. The average Bonchev–Trinajstić information content (AvgIpc) is 2.63. The van der Waals surface area contributed by atoms with Crippen LogP contribution in [0.3, 0.4) is 0 Å². The Balaban J connectivity index is 2.61. The number of amides is 1. The number of aryl methyl sites for hydroxylation is 1. The molecule has 1 heterocycles. The van der Waals surface area contributed by atoms with E-state index in [0.29, 0.717) is 5.76 Å². The first-order valence-electron chi connectivity index (χ1n) is 4.81. The van der Waals surface area contributed by atoms with Crippen molar-refractivity contribution in [3.8, 4) is 6.07 Å². The first kappa shape index (κ1) is 11.3. The first-order valence-corrected chi connectivity index (χ1v) is 4.81. The van der Waals surface area contributed by atoms with E-state index in [1.807, 2.05) is 32.0 Å². The second kappa shape index (κ2) is 4.65. The molecule has 4 nitrogen and oxygen atoms in total. The van der Waals surface area contributed by atoms with Gasteiger partial charge in [0.2, 0.25) is 5.91 Å². The molecule has 1 aromatic rings. The van der Waals surface area contributed by atoms with Crippen LogP contribution in [0.25, 0.3) is 0 Å². The van der Waals surface area contributed by atoms with Gasteiger partial charge in [0.1, 0.15) is 17.4 Å². The van der Waals surface area contributed by atoms with Crippen molar-refractivity contribution in [2.24, 2.45) is 5.92 Å². The number of carbonyl (C=O) groups is 1. The summed E-state index contributed by atoms with van der Waals surface area (Å²) in [5.74, 6) is 0.591. The van der Waals surface area contributed by atoms with Crippen LogP contribution in [0.15, 0.2) is 16.5 Å². The van der Waals surface area contributed by atoms with Gasteiger partial charge in [0.15, 0.2) is 0 Å². The number of nitriles is 1. The van der Waals surface area contributed by atoms with E-state index >= 15 is 0 Å². The molecule has 15 heavy (non-hydrogen) atoms. The number of nitrogens with one attached hydrogen (secondary N) is 1. The zero-order chi connectivity index (χ0) is 11.4. The summed E-state index contributed by atoms with van der Waals surface area (Å²) in [7, 11) is 0. The van der Waals surface area contributed by atoms with Crippen LogP contribution in [0.4, 0.5) is 0 Å². The van der Waals surface area contributed by atoms with Crippen molar-refractivity contribution < 1.29 is 9.21 Å². The topological polar surface area (TPSA) is 66.0 Å². The summed E-state index contributed by atoms with van der Waals surface area (Å²) in [6.45, 7) is 5.23. The molecule has 1 aromatic heterocycles. The van der Waals surface area contributed by atoms with Crippen LogP contribution in [0.2, 0.25) is 0 Å². The van der Waals surface area contributed by atoms with E-state index in [1.54, 1.807) is 6.92 Å². The largest absolute Gasteiger partial charge is 0.464 e. The standard InChI is InChI=1S/C11H14N2O2/c1-7(6-12)11(14)13-9(3)10-5-4-8(2)15-10/h4-5,7,9H,1-3H3,(H,13,14). The summed E-state index contributed by atoms with van der Waals surface area (Å²) in [5.41, 5.74) is 0. The molecule has 0 saturated carbocycles. The molecular weight excluding hydrogens is 192 g/mol. The summed E-state index contributed by atoms with van der Waals surface area (Å²) >= 11 is 0. The Morgan fingerprint density at radius 2 is 2.20 bits per heavy atom. The van der Waals surface area contributed by atoms with Crippen molar-refractivity contribution in [1.82, 2.24) is 5.32 Å². The minimum atomic E-state index is -0.636. The fourth-order valence-corrected chi connectivity index (χ4v) is 1.15. The Kier molecular flexibility index (Phi) is 3.51. The fourth-order valence-electron chi connectivity index (χ4n) is 1.15. The number of hydrogen-bond donors (Lipinski definition) is 1. The van der Waals surface area contributed by atoms with Crippen LogP contribution >= 0.6 is 0 Å². The van der Waals surface area contributed by atoms with Gasteiger partial charge >= 0.3 is 0 Å². The van der Waals surface area contributed by atoms with E-state index in [0.717, 1.165) is 5.76 Å². The zero-order valence-corrected chi connectivity index (χ0v) is 9.07. The van der Waals surface area contributed by atoms with Crippen molar-refractivity contribution in [2.45, 2.75) is 26.8 Å². The third-order valence-corrected chi connectivity index (χ3v) is 2.13. The highest BCUT2D eigenvalue weighted by Crippen LogP contribution is 2.15. The van der Waals surface area contributed by atoms with Gasteiger partial charge in [-0.3, -0.25) is 4.79 Å². The van der Waals surface area contributed by atoms with Gasteiger partial charge in [-0.25, -0.2) is 0 Å². The fraction of sp³-hybridized carbons (Fsp3) is 0.455. The molecule has 0 radical (unpaired) electrons. The van der Waals surface area contributed by atoms with E-state index < -0.39 is 5.92 Å². The van der Waals surface area contributed by atoms with Gasteiger partial charge in [0.05, 0.1) is 12.1 Å². The molecule has 2 atom stereocenters. The molecule has 1 amide bonds. The number of rotatable bonds is 3. The molecule has 0 saturated heterocycles. The maximum Gasteiger partial charge on any atom is 0.237 e. The number of nitrogens with zero attached hydrogens (tertiary/aromatic N) is 1. The molecule has 0 spiro atoms. The Labute approximate surface area is 88.9 Å². The molecule has 0 bridgehead atoms. The monoisotopic (exact) mass is 206 g/mol. The van der Waals surface area contributed by atoms with Gasteiger partial charge in [-0.05, 0) is 32.9 Å². The third-order valence-electron chi connectivity index (χ3n) is 2.13. The molecular formula is C11H14N2O2. The van der Waals surface area contributed by atoms with Gasteiger partial charge in [0, 0.05) is 0 Å². The molecule has 0 fully saturated rings. The van der Waals surface area contributed by atoms with E-state index in [9.17, 15) is 4.79 Å². The van der Waals surface area contributed by atoms with Crippen LogP contribution < -0.4 is 5.32 Å². The Bertz CT molecular complexity index is 390. The summed E-state index contributed by atoms with van der Waals surface area (Å²) in [6.07, 6.45) is 0. The van der Waals surface area contributed by atoms with Crippen molar-refractivity contribution in [1.29, 1.82) is 5.26 Å². The van der Waals surface area contributed by atoms with Crippen LogP contribution in [0, 0.1) is 24.2 Å². The lowest BCUT2D eigenvalue weighted by Crippen LogP contribution is -2.30. The van der Waals surface area contributed by atoms with Crippen molar-refractivity contribution in [3.63, 3.8) is 0 Å². The molecule has 1 rings (SSSR count). The summed E-state index contributed by atoms with van der Waals surface area (Å²) in [4.78, 5) is 11.4. The van der Waals surface area contributed by atoms with Crippen LogP contribution in [-0.2, 0) is 4.79 Å². The van der Waals surface area contributed by atoms with Crippen LogP contribution in [0.1, 0.15) is 31.4 Å². The van der Waals surface area contributed by atoms with Gasteiger partial charge in [-0.1, -0.05) is 0 Å². The lowest BCUT2D eigenvalue weighted by Gasteiger charge is -2.12. The van der Waals surface area contributed by atoms with E-state index in [2.05, 4.69) is 5.32 Å². The minimum Gasteiger partial charge on any atom is -0.464 e. The summed E-state index contributed by atoms with van der Waals surface area (Å²) in [5, 5.41) is 11.3. The minimum absolute atomic E-state index is 0.206. The lowest BCUT2D eigenvalue weighted by atomic mass is 10.1. The molecule has 0 aliphatic heterocycles. The molecule has 0 aliphatic rings. The van der Waals surface area contributed by atoms with Gasteiger partial charge in [-0.2, -0.15) is 5.26 Å². The highest BCUT2D eigenvalue weighted by molar-refractivity contribution is 5.80. The molecule has 80 valence electrons. The first-order chi connectivity index (χ1) is 7.04. The van der Waals surface area contributed by atoms with Gasteiger partial charge < -0.3 is 9.73 Å². The molecule has 0 aromatic carbocycles. The van der Waals surface area contributed by atoms with Crippen molar-refractivity contribution in [2.75, 3.05) is 0 Å². The third kappa shape index (κ3) is 2.84. The predicted octanol–water partition coefficient (Wildman–Crippen LogP) is 1.92. The summed E-state index contributed by atoms with van der Waals surface area (Å²) < 4.78 is 5.36. The number of carbonyl (C=O) groups excluding carboxylic acids is 1. The molecule has 4 heteroatoms. The molecule has 1 N–H and O–H groups in total. The second-order valence-electron chi connectivity index (χ2n) is 3.53. The smallest absolute Gasteiger partial charge is 0.237 e. The van der Waals surface area contributed by atoms with E-state index in [-0.39, 0.29) is 11.9 Å². The SMILES string of the molecule is Cc1ccc(C(C)NC(=O)C(C)C#N)o1. The number of hydrogen-bond acceptors (Lipinski definition) is 3. The Hall–Kier alpha value is -1.76.